The Balaban J connectivity index is 1.20. The summed E-state index contributed by atoms with van der Waals surface area (Å²) in [6.07, 6.45) is -3.00. The zero-order valence-corrected chi connectivity index (χ0v) is 23.2. The smallest absolute Gasteiger partial charge is 0.340 e. The molecular weight excluding hydrogens is 595 g/mol. The summed E-state index contributed by atoms with van der Waals surface area (Å²) in [6, 6.07) is 5.11. The van der Waals surface area contributed by atoms with Gasteiger partial charge in [0.15, 0.2) is 29.1 Å². The van der Waals surface area contributed by atoms with Crippen LogP contribution in [-0.2, 0) is 31.2 Å². The Bertz CT molecular complexity index is 1580. The van der Waals surface area contributed by atoms with Gasteiger partial charge in [-0.25, -0.2) is 9.37 Å². The standard InChI is InChI=1S/C22H25ClFN5O9P2/c23-21-26-18(28-7-22(8-28)4-11-2-1-3-13(24)12(11)5-22)15-19(27-21)29(9-25-15)20-17(31)16(30)14(38-20)6-37-40(35,36)10-39(32,33)34/h1-3,9,14,16-17,20,30-31H,4-8,10H2,(H,35,36)(H2,32,33,34). The van der Waals surface area contributed by atoms with E-state index in [0.29, 0.717) is 30.8 Å². The molecule has 2 aromatic heterocycles. The fraction of sp³-hybridized carbons (Fsp3) is 0.500. The minimum atomic E-state index is -4.85. The predicted octanol–water partition coefficient (Wildman–Crippen LogP) is 1.18. The number of imidazole rings is 1. The summed E-state index contributed by atoms with van der Waals surface area (Å²) < 4.78 is 49.1. The van der Waals surface area contributed by atoms with Crippen molar-refractivity contribution < 1.29 is 47.7 Å². The lowest BCUT2D eigenvalue weighted by molar-refractivity contribution is -0.0483. The Labute approximate surface area is 231 Å². The second-order valence-electron chi connectivity index (χ2n) is 10.5. The van der Waals surface area contributed by atoms with Gasteiger partial charge in [0.25, 0.3) is 0 Å². The maximum Gasteiger partial charge on any atom is 0.340 e. The quantitative estimate of drug-likeness (QED) is 0.187. The van der Waals surface area contributed by atoms with E-state index >= 15 is 0 Å². The van der Waals surface area contributed by atoms with Crippen molar-refractivity contribution in [3.8, 4) is 0 Å². The van der Waals surface area contributed by atoms with Gasteiger partial charge in [-0.05, 0) is 41.6 Å². The van der Waals surface area contributed by atoms with Crippen LogP contribution in [0.4, 0.5) is 10.2 Å². The fourth-order valence-electron chi connectivity index (χ4n) is 5.79. The monoisotopic (exact) mass is 619 g/mol. The first kappa shape index (κ1) is 28.1. The summed E-state index contributed by atoms with van der Waals surface area (Å²) in [6.45, 7) is 0.453. The first-order valence-electron chi connectivity index (χ1n) is 12.2. The highest BCUT2D eigenvalue weighted by Gasteiger charge is 2.49. The van der Waals surface area contributed by atoms with E-state index in [2.05, 4.69) is 15.0 Å². The molecule has 6 rings (SSSR count). The van der Waals surface area contributed by atoms with Crippen molar-refractivity contribution in [3.05, 3.63) is 46.8 Å². The zero-order valence-electron chi connectivity index (χ0n) is 20.6. The summed E-state index contributed by atoms with van der Waals surface area (Å²) in [5, 5.41) is 21.1. The normalized spacial score (nSPS) is 27.2. The molecule has 3 aromatic rings. The number of benzene rings is 1. The van der Waals surface area contributed by atoms with Gasteiger partial charge in [-0.2, -0.15) is 9.97 Å². The van der Waals surface area contributed by atoms with E-state index in [1.54, 1.807) is 6.07 Å². The third-order valence-corrected chi connectivity index (χ3v) is 11.1. The molecule has 1 aromatic carbocycles. The summed E-state index contributed by atoms with van der Waals surface area (Å²) in [4.78, 5) is 42.5. The van der Waals surface area contributed by atoms with Crippen molar-refractivity contribution in [1.82, 2.24) is 19.5 Å². The van der Waals surface area contributed by atoms with Crippen LogP contribution in [0.15, 0.2) is 24.5 Å². The number of aromatic nitrogens is 4. The van der Waals surface area contributed by atoms with E-state index in [1.165, 1.54) is 17.0 Å². The maximum atomic E-state index is 14.3. The Morgan fingerprint density at radius 2 is 1.90 bits per heavy atom. The molecule has 2 saturated heterocycles. The lowest BCUT2D eigenvalue weighted by Gasteiger charge is -2.49. The van der Waals surface area contributed by atoms with Gasteiger partial charge in [-0.3, -0.25) is 13.7 Å². The van der Waals surface area contributed by atoms with E-state index in [9.17, 15) is 28.6 Å². The molecule has 0 saturated carbocycles. The van der Waals surface area contributed by atoms with Gasteiger partial charge in [-0.15, -0.1) is 0 Å². The highest BCUT2D eigenvalue weighted by molar-refractivity contribution is 7.70. The zero-order chi connectivity index (χ0) is 28.6. The molecule has 1 aliphatic carbocycles. The third-order valence-electron chi connectivity index (χ3n) is 7.48. The molecule has 1 spiro atoms. The molecule has 5 atom stereocenters. The van der Waals surface area contributed by atoms with Gasteiger partial charge in [0.2, 0.25) is 5.28 Å². The van der Waals surface area contributed by atoms with E-state index in [4.69, 9.17) is 30.6 Å². The number of hydrogen-bond donors (Lipinski definition) is 5. The molecule has 4 heterocycles. The van der Waals surface area contributed by atoms with E-state index in [1.807, 2.05) is 11.0 Å². The molecule has 0 bridgehead atoms. The molecule has 14 nitrogen and oxygen atoms in total. The van der Waals surface area contributed by atoms with Crippen LogP contribution in [0, 0.1) is 11.2 Å². The lowest BCUT2D eigenvalue weighted by atomic mass is 9.77. The molecule has 5 N–H and O–H groups in total. The average Bonchev–Trinajstić information content (AvgIpc) is 3.50. The van der Waals surface area contributed by atoms with Gasteiger partial charge in [0, 0.05) is 18.5 Å². The average molecular weight is 620 g/mol. The highest BCUT2D eigenvalue weighted by atomic mass is 35.5. The SMILES string of the molecule is O=P(O)(O)CP(=O)(O)OCC1OC(n2cnc3c(N4CC5(Cc6cccc(F)c6C5)C4)nc(Cl)nc32)C(O)C1O. The van der Waals surface area contributed by atoms with Gasteiger partial charge >= 0.3 is 15.2 Å². The topological polar surface area (TPSA) is 201 Å². The van der Waals surface area contributed by atoms with Crippen LogP contribution in [0.5, 0.6) is 0 Å². The van der Waals surface area contributed by atoms with Gasteiger partial charge in [0.05, 0.1) is 12.9 Å². The summed E-state index contributed by atoms with van der Waals surface area (Å²) in [5.41, 5.74) is 2.15. The summed E-state index contributed by atoms with van der Waals surface area (Å²) in [5.74, 6) is -1.16. The number of anilines is 1. The Kier molecular flexibility index (Phi) is 6.87. The number of nitrogens with zero attached hydrogens (tertiary/aromatic N) is 5. The van der Waals surface area contributed by atoms with Crippen LogP contribution in [0.25, 0.3) is 11.2 Å². The van der Waals surface area contributed by atoms with Gasteiger partial charge in [0.1, 0.15) is 24.1 Å². The first-order chi connectivity index (χ1) is 18.7. The second-order valence-corrected chi connectivity index (χ2v) is 14.8. The lowest BCUT2D eigenvalue weighted by Crippen LogP contribution is -2.57. The van der Waals surface area contributed by atoms with Crippen molar-refractivity contribution in [2.24, 2.45) is 5.41 Å². The molecule has 216 valence electrons. The van der Waals surface area contributed by atoms with Crippen molar-refractivity contribution in [1.29, 1.82) is 0 Å². The number of aliphatic hydroxyl groups is 2. The molecule has 3 aliphatic rings. The van der Waals surface area contributed by atoms with Crippen LogP contribution in [0.1, 0.15) is 17.4 Å². The van der Waals surface area contributed by atoms with Crippen LogP contribution >= 0.6 is 26.8 Å². The third kappa shape index (κ3) is 5.09. The molecule has 18 heteroatoms. The Hall–Kier alpha value is -2.03. The van der Waals surface area contributed by atoms with Crippen molar-refractivity contribution in [2.45, 2.75) is 37.4 Å². The predicted molar refractivity (Wildman–Crippen MR) is 137 cm³/mol. The largest absolute Gasteiger partial charge is 0.387 e. The Morgan fingerprint density at radius 3 is 2.60 bits per heavy atom. The fourth-order valence-corrected chi connectivity index (χ4v) is 8.52. The van der Waals surface area contributed by atoms with Crippen LogP contribution in [0.2, 0.25) is 5.28 Å². The highest BCUT2D eigenvalue weighted by Crippen LogP contribution is 2.55. The van der Waals surface area contributed by atoms with Crippen LogP contribution < -0.4 is 4.90 Å². The minimum absolute atomic E-state index is 0.0995. The number of fused-ring (bicyclic) bond motifs is 2. The summed E-state index contributed by atoms with van der Waals surface area (Å²) in [7, 11) is -9.55. The number of ether oxygens (including phenoxy) is 1. The molecule has 40 heavy (non-hydrogen) atoms. The number of rotatable bonds is 7. The van der Waals surface area contributed by atoms with Gasteiger partial charge < -0.3 is 39.1 Å². The van der Waals surface area contributed by atoms with Gasteiger partial charge in [-0.1, -0.05) is 12.1 Å². The van der Waals surface area contributed by atoms with E-state index in [-0.39, 0.29) is 22.2 Å². The van der Waals surface area contributed by atoms with Crippen LogP contribution in [0.3, 0.4) is 0 Å². The second kappa shape index (κ2) is 9.77. The first-order valence-corrected chi connectivity index (χ1v) is 16.1. The van der Waals surface area contributed by atoms with Crippen molar-refractivity contribution >= 4 is 43.8 Å². The minimum Gasteiger partial charge on any atom is -0.387 e. The Morgan fingerprint density at radius 1 is 1.15 bits per heavy atom. The molecule has 0 radical (unpaired) electrons. The molecular formula is C22H25ClFN5O9P2. The number of hydrogen-bond acceptors (Lipinski definition) is 10. The van der Waals surface area contributed by atoms with Crippen LogP contribution in [-0.4, -0.2) is 88.3 Å². The molecule has 5 unspecified atom stereocenters. The van der Waals surface area contributed by atoms with E-state index in [0.717, 1.165) is 17.5 Å². The van der Waals surface area contributed by atoms with Crippen molar-refractivity contribution in [2.75, 3.05) is 30.5 Å². The number of halogens is 2. The summed E-state index contributed by atoms with van der Waals surface area (Å²) >= 11 is 6.24. The maximum absolute atomic E-state index is 14.3. The number of aliphatic hydroxyl groups excluding tert-OH is 2. The molecule has 0 amide bonds. The molecule has 2 fully saturated rings. The van der Waals surface area contributed by atoms with E-state index < -0.39 is 52.2 Å². The van der Waals surface area contributed by atoms with Crippen molar-refractivity contribution in [3.63, 3.8) is 0 Å². The molecule has 2 aliphatic heterocycles.